The molecule has 3 heteroatoms. The Morgan fingerprint density at radius 2 is 2.38 bits per heavy atom. The lowest BCUT2D eigenvalue weighted by Gasteiger charge is -2.35. The second-order valence-electron chi connectivity index (χ2n) is 3.66. The van der Waals surface area contributed by atoms with Crippen LogP contribution in [0.4, 0.5) is 0 Å². The molecule has 3 unspecified atom stereocenters. The molecule has 0 aromatic rings. The van der Waals surface area contributed by atoms with E-state index >= 15 is 0 Å². The molecule has 1 fully saturated rings. The molecule has 1 saturated carbocycles. The van der Waals surface area contributed by atoms with Crippen LogP contribution < -0.4 is 0 Å². The molecular weight excluding hydrogens is 168 g/mol. The fourth-order valence-corrected chi connectivity index (χ4v) is 2.11. The number of ether oxygens (including phenoxy) is 2. The Kier molecular flexibility index (Phi) is 2.36. The molecule has 1 heterocycles. The third-order valence-corrected chi connectivity index (χ3v) is 2.93. The third-order valence-electron chi connectivity index (χ3n) is 2.93. The topological polar surface area (TPSA) is 35.5 Å². The second-order valence-corrected chi connectivity index (χ2v) is 3.66. The largest absolute Gasteiger partial charge is 0.497 e. The van der Waals surface area contributed by atoms with Crippen LogP contribution >= 0.6 is 0 Å². The number of methoxy groups -OCH3 is 1. The molecule has 0 radical (unpaired) electrons. The van der Waals surface area contributed by atoms with Crippen molar-refractivity contribution in [3.05, 3.63) is 12.3 Å². The zero-order valence-electron chi connectivity index (χ0n) is 7.73. The Morgan fingerprint density at radius 1 is 1.54 bits per heavy atom. The number of hydrogen-bond acceptors (Lipinski definition) is 3. The predicted molar refractivity (Wildman–Crippen MR) is 47.2 cm³/mol. The lowest BCUT2D eigenvalue weighted by Crippen LogP contribution is -2.39. The summed E-state index contributed by atoms with van der Waals surface area (Å²) >= 11 is 0. The van der Waals surface area contributed by atoms with Gasteiger partial charge >= 0.3 is 0 Å². The number of allylic oxidation sites excluding steroid dienone is 1. The van der Waals surface area contributed by atoms with Gasteiger partial charge in [0.25, 0.3) is 0 Å². The van der Waals surface area contributed by atoms with Gasteiger partial charge in [-0.1, -0.05) is 0 Å². The van der Waals surface area contributed by atoms with Gasteiger partial charge in [-0.05, 0) is 12.8 Å². The standard InChI is InChI=1S/C10H14O3/c1-12-7-2-3-8-9(11)4-5-13-10(8)6-7/h4-5,7-8,10H,2-3,6H2,1H3. The summed E-state index contributed by atoms with van der Waals surface area (Å²) in [6.45, 7) is 0. The van der Waals surface area contributed by atoms with Crippen LogP contribution in [0.5, 0.6) is 0 Å². The summed E-state index contributed by atoms with van der Waals surface area (Å²) in [6.07, 6.45) is 6.08. The molecule has 0 bridgehead atoms. The van der Waals surface area contributed by atoms with Gasteiger partial charge in [0, 0.05) is 19.6 Å². The minimum Gasteiger partial charge on any atom is -0.497 e. The van der Waals surface area contributed by atoms with Crippen molar-refractivity contribution < 1.29 is 14.3 Å². The molecule has 0 spiro atoms. The summed E-state index contributed by atoms with van der Waals surface area (Å²) in [5, 5.41) is 0. The minimum atomic E-state index is 0.0520. The summed E-state index contributed by atoms with van der Waals surface area (Å²) in [5.41, 5.74) is 0. The predicted octanol–water partition coefficient (Wildman–Crippen LogP) is 1.28. The van der Waals surface area contributed by atoms with Crippen LogP contribution in [0.1, 0.15) is 19.3 Å². The fourth-order valence-electron chi connectivity index (χ4n) is 2.11. The van der Waals surface area contributed by atoms with E-state index in [1.807, 2.05) is 0 Å². The van der Waals surface area contributed by atoms with E-state index in [0.717, 1.165) is 19.3 Å². The molecular formula is C10H14O3. The number of carbonyl (C=O) groups excluding carboxylic acids is 1. The maximum absolute atomic E-state index is 11.4. The van der Waals surface area contributed by atoms with Gasteiger partial charge in [0.2, 0.25) is 0 Å². The summed E-state index contributed by atoms with van der Waals surface area (Å²) in [5.74, 6) is 0.294. The van der Waals surface area contributed by atoms with Crippen molar-refractivity contribution in [2.24, 2.45) is 5.92 Å². The van der Waals surface area contributed by atoms with E-state index in [0.29, 0.717) is 0 Å². The maximum Gasteiger partial charge on any atom is 0.165 e. The molecule has 0 aromatic heterocycles. The van der Waals surface area contributed by atoms with Gasteiger partial charge in [0.05, 0.1) is 18.3 Å². The monoisotopic (exact) mass is 182 g/mol. The highest BCUT2D eigenvalue weighted by Crippen LogP contribution is 2.31. The summed E-state index contributed by atoms with van der Waals surface area (Å²) < 4.78 is 10.7. The second kappa shape index (κ2) is 3.50. The van der Waals surface area contributed by atoms with Gasteiger partial charge in [-0.3, -0.25) is 4.79 Å². The molecule has 1 aliphatic carbocycles. The van der Waals surface area contributed by atoms with Gasteiger partial charge in [-0.15, -0.1) is 0 Å². The normalized spacial score (nSPS) is 38.2. The Morgan fingerprint density at radius 3 is 3.15 bits per heavy atom. The molecule has 2 rings (SSSR count). The van der Waals surface area contributed by atoms with E-state index in [4.69, 9.17) is 9.47 Å². The first kappa shape index (κ1) is 8.75. The summed E-state index contributed by atoms with van der Waals surface area (Å²) in [7, 11) is 1.71. The highest BCUT2D eigenvalue weighted by molar-refractivity contribution is 5.92. The van der Waals surface area contributed by atoms with Crippen molar-refractivity contribution in [3.63, 3.8) is 0 Å². The Balaban J connectivity index is 2.05. The van der Waals surface area contributed by atoms with Crippen LogP contribution in [0, 0.1) is 5.92 Å². The molecule has 1 aliphatic heterocycles. The average molecular weight is 182 g/mol. The Labute approximate surface area is 77.7 Å². The Bertz CT molecular complexity index is 234. The molecule has 0 amide bonds. The van der Waals surface area contributed by atoms with Crippen molar-refractivity contribution in [2.45, 2.75) is 31.5 Å². The quantitative estimate of drug-likeness (QED) is 0.613. The van der Waals surface area contributed by atoms with Crippen molar-refractivity contribution in [2.75, 3.05) is 7.11 Å². The van der Waals surface area contributed by atoms with Gasteiger partial charge in [-0.25, -0.2) is 0 Å². The lowest BCUT2D eigenvalue weighted by atomic mass is 9.81. The molecule has 0 aromatic carbocycles. The molecule has 0 N–H and O–H groups in total. The number of hydrogen-bond donors (Lipinski definition) is 0. The van der Waals surface area contributed by atoms with Crippen LogP contribution in [0.15, 0.2) is 12.3 Å². The smallest absolute Gasteiger partial charge is 0.165 e. The minimum absolute atomic E-state index is 0.0520. The molecule has 3 atom stereocenters. The zero-order valence-corrected chi connectivity index (χ0v) is 7.73. The van der Waals surface area contributed by atoms with Gasteiger partial charge in [-0.2, -0.15) is 0 Å². The highest BCUT2D eigenvalue weighted by Gasteiger charge is 2.36. The van der Waals surface area contributed by atoms with E-state index in [9.17, 15) is 4.79 Å². The number of fused-ring (bicyclic) bond motifs is 1. The van der Waals surface area contributed by atoms with Crippen LogP contribution in [0.25, 0.3) is 0 Å². The van der Waals surface area contributed by atoms with Crippen LogP contribution in [0.2, 0.25) is 0 Å². The first-order chi connectivity index (χ1) is 6.31. The van der Waals surface area contributed by atoms with Crippen molar-refractivity contribution >= 4 is 5.78 Å². The highest BCUT2D eigenvalue weighted by atomic mass is 16.5. The first-order valence-electron chi connectivity index (χ1n) is 4.70. The SMILES string of the molecule is COC1CCC2C(=O)C=COC2C1. The molecule has 72 valence electrons. The van der Waals surface area contributed by atoms with Crippen molar-refractivity contribution in [1.29, 1.82) is 0 Å². The van der Waals surface area contributed by atoms with E-state index in [2.05, 4.69) is 0 Å². The third kappa shape index (κ3) is 1.61. The van der Waals surface area contributed by atoms with Crippen LogP contribution in [-0.4, -0.2) is 25.1 Å². The van der Waals surface area contributed by atoms with E-state index in [-0.39, 0.29) is 23.9 Å². The average Bonchev–Trinajstić information content (AvgIpc) is 2.18. The maximum atomic E-state index is 11.4. The van der Waals surface area contributed by atoms with E-state index in [1.165, 1.54) is 12.3 Å². The van der Waals surface area contributed by atoms with Gasteiger partial charge in [0.15, 0.2) is 5.78 Å². The number of ketones is 1. The van der Waals surface area contributed by atoms with Crippen molar-refractivity contribution in [3.8, 4) is 0 Å². The zero-order chi connectivity index (χ0) is 9.26. The van der Waals surface area contributed by atoms with E-state index < -0.39 is 0 Å². The van der Waals surface area contributed by atoms with E-state index in [1.54, 1.807) is 7.11 Å². The van der Waals surface area contributed by atoms with Gasteiger partial charge < -0.3 is 9.47 Å². The van der Waals surface area contributed by atoms with Crippen LogP contribution in [-0.2, 0) is 14.3 Å². The Hall–Kier alpha value is -0.830. The molecule has 2 aliphatic rings. The molecule has 13 heavy (non-hydrogen) atoms. The molecule has 0 saturated heterocycles. The summed E-state index contributed by atoms with van der Waals surface area (Å²) in [4.78, 5) is 11.4. The number of rotatable bonds is 1. The van der Waals surface area contributed by atoms with Crippen LogP contribution in [0.3, 0.4) is 0 Å². The van der Waals surface area contributed by atoms with Gasteiger partial charge in [0.1, 0.15) is 6.10 Å². The first-order valence-corrected chi connectivity index (χ1v) is 4.70. The fraction of sp³-hybridized carbons (Fsp3) is 0.700. The molecule has 3 nitrogen and oxygen atoms in total. The lowest BCUT2D eigenvalue weighted by molar-refractivity contribution is -0.128. The van der Waals surface area contributed by atoms with Crippen molar-refractivity contribution in [1.82, 2.24) is 0 Å². The number of carbonyl (C=O) groups is 1. The summed E-state index contributed by atoms with van der Waals surface area (Å²) in [6, 6.07) is 0.